The van der Waals surface area contributed by atoms with Crippen LogP contribution >= 0.6 is 0 Å². The molecule has 2 aromatic carbocycles. The summed E-state index contributed by atoms with van der Waals surface area (Å²) in [5.74, 6) is 1.55. The Morgan fingerprint density at radius 1 is 0.714 bits per heavy atom. The van der Waals surface area contributed by atoms with Crippen LogP contribution in [0.2, 0.25) is 0 Å². The van der Waals surface area contributed by atoms with Crippen molar-refractivity contribution in [3.05, 3.63) is 72.9 Å². The zero-order chi connectivity index (χ0) is 14.1. The van der Waals surface area contributed by atoms with Crippen LogP contribution in [0.5, 0.6) is 11.5 Å². The number of para-hydroxylation sites is 2. The molecule has 0 amide bonds. The van der Waals surface area contributed by atoms with Gasteiger partial charge in [-0.25, -0.2) is 0 Å². The van der Waals surface area contributed by atoms with Gasteiger partial charge in [0.25, 0.3) is 0 Å². The van der Waals surface area contributed by atoms with Crippen molar-refractivity contribution < 1.29 is 9.31 Å². The van der Waals surface area contributed by atoms with Crippen molar-refractivity contribution in [3.8, 4) is 22.8 Å². The van der Waals surface area contributed by atoms with Crippen molar-refractivity contribution in [2.75, 3.05) is 0 Å². The van der Waals surface area contributed by atoms with E-state index in [1.807, 2.05) is 66.7 Å². The molecule has 0 atom stereocenters. The zero-order valence-corrected chi connectivity index (χ0v) is 11.3. The number of nitrogens with zero attached hydrogens (tertiary/aromatic N) is 1. The summed E-state index contributed by atoms with van der Waals surface area (Å²) in [6, 6.07) is 21.7. The third-order valence-electron chi connectivity index (χ3n) is 3.45. The largest absolute Gasteiger partial charge is 0.634 e. The van der Waals surface area contributed by atoms with Gasteiger partial charge in [0, 0.05) is 17.2 Å². The van der Waals surface area contributed by atoms with Gasteiger partial charge in [-0.3, -0.25) is 4.98 Å². The summed E-state index contributed by atoms with van der Waals surface area (Å²) in [7, 11) is -0.417. The van der Waals surface area contributed by atoms with Crippen molar-refractivity contribution in [1.29, 1.82) is 0 Å². The maximum Gasteiger partial charge on any atom is 0.634 e. The van der Waals surface area contributed by atoms with Crippen LogP contribution < -0.4 is 14.8 Å². The van der Waals surface area contributed by atoms with E-state index in [4.69, 9.17) is 9.31 Å². The second kappa shape index (κ2) is 4.98. The van der Waals surface area contributed by atoms with E-state index in [9.17, 15) is 0 Å². The summed E-state index contributed by atoms with van der Waals surface area (Å²) in [6.07, 6.45) is 1.80. The van der Waals surface area contributed by atoms with Gasteiger partial charge in [0.15, 0.2) is 0 Å². The molecule has 0 aliphatic carbocycles. The first kappa shape index (κ1) is 12.0. The summed E-state index contributed by atoms with van der Waals surface area (Å²) in [5, 5.41) is 0. The molecule has 0 saturated carbocycles. The summed E-state index contributed by atoms with van der Waals surface area (Å²) in [5.41, 5.74) is 2.95. The molecule has 3 aromatic rings. The first-order valence-electron chi connectivity index (χ1n) is 6.84. The molecule has 0 spiro atoms. The molecule has 100 valence electrons. The fraction of sp³-hybridized carbons (Fsp3) is 0. The highest BCUT2D eigenvalue weighted by molar-refractivity contribution is 6.63. The minimum absolute atomic E-state index is 0.417. The zero-order valence-electron chi connectivity index (χ0n) is 11.3. The SMILES string of the molecule is c1ccc(-c2ccc(B3Oc4ccccc4O3)cn2)cc1. The maximum atomic E-state index is 5.78. The Morgan fingerprint density at radius 2 is 1.38 bits per heavy atom. The van der Waals surface area contributed by atoms with E-state index < -0.39 is 7.12 Å². The van der Waals surface area contributed by atoms with Crippen LogP contribution in [0.3, 0.4) is 0 Å². The molecule has 2 heterocycles. The number of aromatic nitrogens is 1. The van der Waals surface area contributed by atoms with Crippen molar-refractivity contribution in [2.24, 2.45) is 0 Å². The van der Waals surface area contributed by atoms with Crippen molar-refractivity contribution >= 4 is 12.6 Å². The molecule has 21 heavy (non-hydrogen) atoms. The number of rotatable bonds is 2. The van der Waals surface area contributed by atoms with Gasteiger partial charge in [-0.2, -0.15) is 0 Å². The van der Waals surface area contributed by atoms with Crippen molar-refractivity contribution in [2.45, 2.75) is 0 Å². The summed E-state index contributed by atoms with van der Waals surface area (Å²) < 4.78 is 11.6. The number of hydrogen-bond donors (Lipinski definition) is 0. The van der Waals surface area contributed by atoms with Gasteiger partial charge in [0.05, 0.1) is 5.69 Å². The summed E-state index contributed by atoms with van der Waals surface area (Å²) in [4.78, 5) is 4.50. The van der Waals surface area contributed by atoms with E-state index in [1.54, 1.807) is 6.20 Å². The average Bonchev–Trinajstić information content (AvgIpc) is 3.00. The Balaban J connectivity index is 1.58. The molecular formula is C17H12BNO2. The smallest absolute Gasteiger partial charge is 0.519 e. The molecule has 4 rings (SSSR count). The molecule has 0 bridgehead atoms. The van der Waals surface area contributed by atoms with E-state index in [1.165, 1.54) is 0 Å². The normalized spacial score (nSPS) is 12.5. The fourth-order valence-corrected chi connectivity index (χ4v) is 2.36. The second-order valence-electron chi connectivity index (χ2n) is 4.86. The Hall–Kier alpha value is -2.75. The fourth-order valence-electron chi connectivity index (χ4n) is 2.36. The van der Waals surface area contributed by atoms with Crippen LogP contribution in [-0.2, 0) is 0 Å². The Morgan fingerprint density at radius 3 is 2.00 bits per heavy atom. The lowest BCUT2D eigenvalue weighted by Gasteiger charge is -2.06. The van der Waals surface area contributed by atoms with E-state index >= 15 is 0 Å². The Labute approximate surface area is 123 Å². The molecule has 1 aromatic heterocycles. The van der Waals surface area contributed by atoms with Gasteiger partial charge < -0.3 is 9.31 Å². The molecule has 1 aliphatic rings. The molecule has 4 heteroatoms. The molecule has 0 unspecified atom stereocenters. The molecule has 0 saturated heterocycles. The van der Waals surface area contributed by atoms with Crippen LogP contribution in [0.1, 0.15) is 0 Å². The van der Waals surface area contributed by atoms with Crippen LogP contribution in [0, 0.1) is 0 Å². The minimum atomic E-state index is -0.417. The minimum Gasteiger partial charge on any atom is -0.519 e. The predicted molar refractivity (Wildman–Crippen MR) is 82.8 cm³/mol. The standard InChI is InChI=1S/C17H12BNO2/c1-2-6-13(7-3-1)15-11-10-14(12-19-15)18-20-16-8-4-5-9-17(16)21-18/h1-12H. The average molecular weight is 273 g/mol. The van der Waals surface area contributed by atoms with Gasteiger partial charge in [-0.1, -0.05) is 48.5 Å². The molecule has 0 N–H and O–H groups in total. The lowest BCUT2D eigenvalue weighted by Crippen LogP contribution is -2.39. The van der Waals surface area contributed by atoms with Crippen LogP contribution in [0.4, 0.5) is 0 Å². The lowest BCUT2D eigenvalue weighted by atomic mass is 9.80. The highest BCUT2D eigenvalue weighted by Crippen LogP contribution is 2.32. The highest BCUT2D eigenvalue weighted by Gasteiger charge is 2.33. The van der Waals surface area contributed by atoms with Gasteiger partial charge in [0.1, 0.15) is 11.5 Å². The van der Waals surface area contributed by atoms with Crippen molar-refractivity contribution in [1.82, 2.24) is 4.98 Å². The number of fused-ring (bicyclic) bond motifs is 1. The first-order valence-corrected chi connectivity index (χ1v) is 6.84. The number of hydrogen-bond acceptors (Lipinski definition) is 3. The summed E-state index contributed by atoms with van der Waals surface area (Å²) in [6.45, 7) is 0. The summed E-state index contributed by atoms with van der Waals surface area (Å²) >= 11 is 0. The topological polar surface area (TPSA) is 31.4 Å². The molecule has 0 radical (unpaired) electrons. The third-order valence-corrected chi connectivity index (χ3v) is 3.45. The first-order chi connectivity index (χ1) is 10.4. The third kappa shape index (κ3) is 2.25. The van der Waals surface area contributed by atoms with E-state index in [0.29, 0.717) is 0 Å². The van der Waals surface area contributed by atoms with Crippen LogP contribution in [-0.4, -0.2) is 12.1 Å². The maximum absolute atomic E-state index is 5.78. The van der Waals surface area contributed by atoms with Crippen LogP contribution in [0.25, 0.3) is 11.3 Å². The highest BCUT2D eigenvalue weighted by atomic mass is 16.6. The molecular weight excluding hydrogens is 261 g/mol. The monoisotopic (exact) mass is 273 g/mol. The molecule has 3 nitrogen and oxygen atoms in total. The van der Waals surface area contributed by atoms with E-state index in [2.05, 4.69) is 4.98 Å². The molecule has 0 fully saturated rings. The van der Waals surface area contributed by atoms with E-state index in [0.717, 1.165) is 28.2 Å². The van der Waals surface area contributed by atoms with Gasteiger partial charge in [-0.05, 0) is 18.2 Å². The Kier molecular flexibility index (Phi) is 2.85. The molecule has 1 aliphatic heterocycles. The van der Waals surface area contributed by atoms with E-state index in [-0.39, 0.29) is 0 Å². The van der Waals surface area contributed by atoms with Crippen molar-refractivity contribution in [3.63, 3.8) is 0 Å². The van der Waals surface area contributed by atoms with Gasteiger partial charge in [0.2, 0.25) is 0 Å². The lowest BCUT2D eigenvalue weighted by molar-refractivity contribution is 0.518. The Bertz CT molecular complexity index is 734. The number of benzene rings is 2. The second-order valence-corrected chi connectivity index (χ2v) is 4.86. The number of pyridine rings is 1. The van der Waals surface area contributed by atoms with Gasteiger partial charge in [-0.15, -0.1) is 0 Å². The van der Waals surface area contributed by atoms with Crippen LogP contribution in [0.15, 0.2) is 72.9 Å². The quantitative estimate of drug-likeness (QED) is 0.673. The predicted octanol–water partition coefficient (Wildman–Crippen LogP) is 2.92. The van der Waals surface area contributed by atoms with Gasteiger partial charge >= 0.3 is 7.12 Å².